The van der Waals surface area contributed by atoms with E-state index in [9.17, 15) is 0 Å². The molecule has 0 aliphatic rings. The number of nitrogen functional groups attached to an aromatic ring is 1. The van der Waals surface area contributed by atoms with E-state index in [2.05, 4.69) is 17.2 Å². The summed E-state index contributed by atoms with van der Waals surface area (Å²) in [5.74, 6) is 0.416. The minimum absolute atomic E-state index is 0.416. The van der Waals surface area contributed by atoms with Gasteiger partial charge in [0.15, 0.2) is 0 Å². The molecule has 0 fully saturated rings. The Morgan fingerprint density at radius 1 is 1.28 bits per heavy atom. The first kappa shape index (κ1) is 12.2. The highest BCUT2D eigenvalue weighted by Crippen LogP contribution is 2.22. The van der Waals surface area contributed by atoms with Gasteiger partial charge in [-0.3, -0.25) is 0 Å². The Morgan fingerprint density at radius 2 is 1.89 bits per heavy atom. The molecule has 0 atom stereocenters. The molecule has 1 aromatic heterocycles. The normalized spacial score (nSPS) is 10.3. The molecule has 0 aliphatic carbocycles. The second-order valence-electron chi connectivity index (χ2n) is 4.43. The van der Waals surface area contributed by atoms with Crippen molar-refractivity contribution in [2.45, 2.75) is 27.2 Å². The van der Waals surface area contributed by atoms with Crippen molar-refractivity contribution < 1.29 is 0 Å². The molecule has 0 unspecified atom stereocenters. The van der Waals surface area contributed by atoms with Crippen LogP contribution in [-0.2, 0) is 6.42 Å². The molecule has 0 bridgehead atoms. The lowest BCUT2D eigenvalue weighted by Gasteiger charge is -2.06. The average molecular weight is 240 g/mol. The molecule has 4 nitrogen and oxygen atoms in total. The lowest BCUT2D eigenvalue weighted by atomic mass is 10.1. The Hall–Kier alpha value is -2.28. The molecule has 92 valence electrons. The van der Waals surface area contributed by atoms with Gasteiger partial charge in [-0.05, 0) is 43.5 Å². The second-order valence-corrected chi connectivity index (χ2v) is 4.43. The second kappa shape index (κ2) is 4.53. The monoisotopic (exact) mass is 240 g/mol. The number of nitriles is 1. The molecule has 2 N–H and O–H groups in total. The molecule has 4 heteroatoms. The fourth-order valence-electron chi connectivity index (χ4n) is 2.12. The Bertz CT molecular complexity index is 612. The van der Waals surface area contributed by atoms with E-state index in [1.54, 1.807) is 4.68 Å². The molecular formula is C14H16N4. The predicted molar refractivity (Wildman–Crippen MR) is 71.5 cm³/mol. The van der Waals surface area contributed by atoms with Gasteiger partial charge in [-0.2, -0.15) is 10.4 Å². The van der Waals surface area contributed by atoms with Gasteiger partial charge in [0.2, 0.25) is 0 Å². The van der Waals surface area contributed by atoms with Crippen LogP contribution in [0.25, 0.3) is 5.69 Å². The van der Waals surface area contributed by atoms with Crippen LogP contribution in [0.1, 0.15) is 29.3 Å². The molecular weight excluding hydrogens is 224 g/mol. The Labute approximate surface area is 107 Å². The lowest BCUT2D eigenvalue weighted by Crippen LogP contribution is -2.03. The topological polar surface area (TPSA) is 67.6 Å². The summed E-state index contributed by atoms with van der Waals surface area (Å²) >= 11 is 0. The number of hydrogen-bond acceptors (Lipinski definition) is 3. The standard InChI is InChI=1S/C14H16N4/c1-4-13-12(8-15)14(16)18(17-13)11-6-9(2)5-10(3)7-11/h5-7H,4,16H2,1-3H3. The Morgan fingerprint density at radius 3 is 2.33 bits per heavy atom. The number of anilines is 1. The molecule has 1 heterocycles. The number of aryl methyl sites for hydroxylation is 3. The van der Waals surface area contributed by atoms with Crippen LogP contribution in [0.5, 0.6) is 0 Å². The molecule has 0 amide bonds. The summed E-state index contributed by atoms with van der Waals surface area (Å²) in [6, 6.07) is 8.24. The zero-order valence-electron chi connectivity index (χ0n) is 10.9. The minimum Gasteiger partial charge on any atom is -0.382 e. The summed E-state index contributed by atoms with van der Waals surface area (Å²) in [6.07, 6.45) is 0.699. The van der Waals surface area contributed by atoms with Crippen molar-refractivity contribution in [1.29, 1.82) is 5.26 Å². The third-order valence-electron chi connectivity index (χ3n) is 2.89. The fraction of sp³-hybridized carbons (Fsp3) is 0.286. The summed E-state index contributed by atoms with van der Waals surface area (Å²) in [7, 11) is 0. The number of aromatic nitrogens is 2. The summed E-state index contributed by atoms with van der Waals surface area (Å²) in [5.41, 5.74) is 10.4. The van der Waals surface area contributed by atoms with Gasteiger partial charge in [0.25, 0.3) is 0 Å². The predicted octanol–water partition coefficient (Wildman–Crippen LogP) is 2.51. The molecule has 2 aromatic rings. The van der Waals surface area contributed by atoms with Crippen molar-refractivity contribution in [2.75, 3.05) is 5.73 Å². The molecule has 0 aliphatic heterocycles. The van der Waals surface area contributed by atoms with Crippen molar-refractivity contribution in [1.82, 2.24) is 9.78 Å². The van der Waals surface area contributed by atoms with Crippen LogP contribution in [0.3, 0.4) is 0 Å². The molecule has 0 saturated carbocycles. The van der Waals surface area contributed by atoms with Gasteiger partial charge in [0, 0.05) is 0 Å². The Kier molecular flexibility index (Phi) is 3.07. The fourth-order valence-corrected chi connectivity index (χ4v) is 2.12. The van der Waals surface area contributed by atoms with Gasteiger partial charge in [0.1, 0.15) is 17.5 Å². The van der Waals surface area contributed by atoms with Crippen molar-refractivity contribution in [2.24, 2.45) is 0 Å². The van der Waals surface area contributed by atoms with Crippen LogP contribution >= 0.6 is 0 Å². The van der Waals surface area contributed by atoms with E-state index >= 15 is 0 Å². The largest absolute Gasteiger partial charge is 0.382 e. The van der Waals surface area contributed by atoms with E-state index in [4.69, 9.17) is 11.0 Å². The van der Waals surface area contributed by atoms with Crippen molar-refractivity contribution >= 4 is 5.82 Å². The van der Waals surface area contributed by atoms with Gasteiger partial charge >= 0.3 is 0 Å². The minimum atomic E-state index is 0.416. The van der Waals surface area contributed by atoms with Crippen LogP contribution in [0, 0.1) is 25.2 Å². The highest BCUT2D eigenvalue weighted by molar-refractivity contribution is 5.56. The number of nitrogens with zero attached hydrogens (tertiary/aromatic N) is 3. The third kappa shape index (κ3) is 1.95. The van der Waals surface area contributed by atoms with E-state index < -0.39 is 0 Å². The van der Waals surface area contributed by atoms with Gasteiger partial charge in [-0.25, -0.2) is 4.68 Å². The SMILES string of the molecule is CCc1nn(-c2cc(C)cc(C)c2)c(N)c1C#N. The quantitative estimate of drug-likeness (QED) is 0.877. The summed E-state index contributed by atoms with van der Waals surface area (Å²) < 4.78 is 1.65. The van der Waals surface area contributed by atoms with E-state index in [1.807, 2.05) is 32.9 Å². The molecule has 1 aromatic carbocycles. The first-order valence-electron chi connectivity index (χ1n) is 5.93. The number of nitrogens with two attached hydrogens (primary N) is 1. The molecule has 0 radical (unpaired) electrons. The molecule has 18 heavy (non-hydrogen) atoms. The average Bonchev–Trinajstić information content (AvgIpc) is 2.64. The Balaban J connectivity index is 2.65. The molecule has 2 rings (SSSR count). The van der Waals surface area contributed by atoms with E-state index in [0.29, 0.717) is 17.8 Å². The van der Waals surface area contributed by atoms with Crippen molar-refractivity contribution in [3.05, 3.63) is 40.6 Å². The first-order chi connectivity index (χ1) is 8.56. The molecule has 0 spiro atoms. The van der Waals surface area contributed by atoms with E-state index in [0.717, 1.165) is 22.5 Å². The summed E-state index contributed by atoms with van der Waals surface area (Å²) in [4.78, 5) is 0. The van der Waals surface area contributed by atoms with Crippen LogP contribution in [0.15, 0.2) is 18.2 Å². The maximum Gasteiger partial charge on any atom is 0.145 e. The van der Waals surface area contributed by atoms with Crippen molar-refractivity contribution in [3.8, 4) is 11.8 Å². The van der Waals surface area contributed by atoms with E-state index in [1.165, 1.54) is 0 Å². The maximum absolute atomic E-state index is 9.12. The highest BCUT2D eigenvalue weighted by Gasteiger charge is 2.15. The molecule has 0 saturated heterocycles. The first-order valence-corrected chi connectivity index (χ1v) is 5.93. The lowest BCUT2D eigenvalue weighted by molar-refractivity contribution is 0.847. The van der Waals surface area contributed by atoms with Gasteiger partial charge in [-0.15, -0.1) is 0 Å². The summed E-state index contributed by atoms with van der Waals surface area (Å²) in [6.45, 7) is 6.03. The summed E-state index contributed by atoms with van der Waals surface area (Å²) in [5, 5.41) is 13.5. The zero-order valence-corrected chi connectivity index (χ0v) is 10.9. The van der Waals surface area contributed by atoms with E-state index in [-0.39, 0.29) is 0 Å². The zero-order chi connectivity index (χ0) is 13.3. The number of hydrogen-bond donors (Lipinski definition) is 1. The van der Waals surface area contributed by atoms with Gasteiger partial charge in [-0.1, -0.05) is 13.0 Å². The van der Waals surface area contributed by atoms with Crippen LogP contribution in [0.2, 0.25) is 0 Å². The van der Waals surface area contributed by atoms with Gasteiger partial charge < -0.3 is 5.73 Å². The smallest absolute Gasteiger partial charge is 0.145 e. The number of rotatable bonds is 2. The van der Waals surface area contributed by atoms with Crippen LogP contribution in [0.4, 0.5) is 5.82 Å². The highest BCUT2D eigenvalue weighted by atomic mass is 15.3. The number of benzene rings is 1. The van der Waals surface area contributed by atoms with Crippen LogP contribution < -0.4 is 5.73 Å². The third-order valence-corrected chi connectivity index (χ3v) is 2.89. The van der Waals surface area contributed by atoms with Gasteiger partial charge in [0.05, 0.1) is 11.4 Å². The van der Waals surface area contributed by atoms with Crippen LogP contribution in [-0.4, -0.2) is 9.78 Å². The maximum atomic E-state index is 9.12. The van der Waals surface area contributed by atoms with Crippen molar-refractivity contribution in [3.63, 3.8) is 0 Å².